The van der Waals surface area contributed by atoms with Crippen molar-refractivity contribution in [3.63, 3.8) is 0 Å². The summed E-state index contributed by atoms with van der Waals surface area (Å²) in [5, 5.41) is 6.16. The third-order valence-electron chi connectivity index (χ3n) is 5.35. The van der Waals surface area contributed by atoms with E-state index >= 15 is 0 Å². The first-order valence-corrected chi connectivity index (χ1v) is 10.7. The summed E-state index contributed by atoms with van der Waals surface area (Å²) in [6, 6.07) is 13.7. The van der Waals surface area contributed by atoms with Gasteiger partial charge < -0.3 is 15.5 Å². The number of halogens is 1. The Bertz CT molecular complexity index is 877. The lowest BCUT2D eigenvalue weighted by atomic mass is 10.1. The summed E-state index contributed by atoms with van der Waals surface area (Å²) >= 11 is 5.96. The molecule has 160 valence electrons. The number of carbonyl (C=O) groups is 2. The van der Waals surface area contributed by atoms with Gasteiger partial charge in [0, 0.05) is 49.1 Å². The second kappa shape index (κ2) is 10.5. The van der Waals surface area contributed by atoms with Gasteiger partial charge in [-0.2, -0.15) is 0 Å². The van der Waals surface area contributed by atoms with Crippen molar-refractivity contribution in [2.75, 3.05) is 49.5 Å². The quantitative estimate of drug-likeness (QED) is 0.547. The predicted molar refractivity (Wildman–Crippen MR) is 122 cm³/mol. The third kappa shape index (κ3) is 6.21. The van der Waals surface area contributed by atoms with Crippen LogP contribution >= 0.6 is 11.6 Å². The Labute approximate surface area is 183 Å². The van der Waals surface area contributed by atoms with Crippen molar-refractivity contribution in [3.8, 4) is 0 Å². The maximum Gasteiger partial charge on any atom is 0.313 e. The normalized spacial score (nSPS) is 14.4. The van der Waals surface area contributed by atoms with E-state index in [2.05, 4.69) is 32.6 Å². The number of carbonyl (C=O) groups excluding carboxylic acids is 2. The Kier molecular flexibility index (Phi) is 7.71. The Hall–Kier alpha value is -2.57. The number of benzene rings is 2. The van der Waals surface area contributed by atoms with Crippen LogP contribution in [0.5, 0.6) is 0 Å². The van der Waals surface area contributed by atoms with E-state index in [1.807, 2.05) is 44.2 Å². The molecular weight excluding hydrogens is 400 g/mol. The molecule has 1 aliphatic rings. The standard InChI is InChI=1S/C23H29ClN4O2/c1-17-4-5-18(2)21(16-17)26-23(30)22(29)25-10-3-11-27-12-14-28(15-13-27)20-8-6-19(24)7-9-20/h4-9,16H,3,10-15H2,1-2H3,(H,25,29)(H,26,30). The van der Waals surface area contributed by atoms with Crippen LogP contribution in [0.15, 0.2) is 42.5 Å². The number of amides is 2. The molecule has 7 heteroatoms. The highest BCUT2D eigenvalue weighted by molar-refractivity contribution is 6.39. The van der Waals surface area contributed by atoms with Crippen LogP contribution in [-0.2, 0) is 9.59 Å². The summed E-state index contributed by atoms with van der Waals surface area (Å²) in [6.07, 6.45) is 0.809. The largest absolute Gasteiger partial charge is 0.369 e. The van der Waals surface area contributed by atoms with Crippen LogP contribution in [0.25, 0.3) is 0 Å². The number of hydrogen-bond acceptors (Lipinski definition) is 4. The lowest BCUT2D eigenvalue weighted by molar-refractivity contribution is -0.136. The van der Waals surface area contributed by atoms with Crippen LogP contribution in [0.2, 0.25) is 5.02 Å². The number of rotatable bonds is 6. The van der Waals surface area contributed by atoms with Crippen LogP contribution < -0.4 is 15.5 Å². The van der Waals surface area contributed by atoms with Gasteiger partial charge in [0.25, 0.3) is 0 Å². The molecule has 1 aliphatic heterocycles. The Morgan fingerprint density at radius 1 is 0.967 bits per heavy atom. The summed E-state index contributed by atoms with van der Waals surface area (Å²) < 4.78 is 0. The lowest BCUT2D eigenvalue weighted by Gasteiger charge is -2.36. The number of anilines is 2. The van der Waals surface area contributed by atoms with Crippen molar-refractivity contribution in [1.82, 2.24) is 10.2 Å². The number of nitrogens with zero attached hydrogens (tertiary/aromatic N) is 2. The molecule has 1 heterocycles. The van der Waals surface area contributed by atoms with E-state index in [9.17, 15) is 9.59 Å². The first-order chi connectivity index (χ1) is 14.4. The molecule has 0 atom stereocenters. The van der Waals surface area contributed by atoms with Crippen LogP contribution in [0.3, 0.4) is 0 Å². The van der Waals surface area contributed by atoms with Crippen LogP contribution in [0, 0.1) is 13.8 Å². The van der Waals surface area contributed by atoms with Gasteiger partial charge in [0.2, 0.25) is 0 Å². The van der Waals surface area contributed by atoms with Crippen molar-refractivity contribution in [3.05, 3.63) is 58.6 Å². The molecule has 2 aromatic rings. The molecule has 2 amide bonds. The Morgan fingerprint density at radius 3 is 2.37 bits per heavy atom. The zero-order valence-corrected chi connectivity index (χ0v) is 18.3. The first-order valence-electron chi connectivity index (χ1n) is 10.3. The monoisotopic (exact) mass is 428 g/mol. The molecule has 0 unspecified atom stereocenters. The van der Waals surface area contributed by atoms with Gasteiger partial charge in [-0.15, -0.1) is 0 Å². The molecule has 6 nitrogen and oxygen atoms in total. The summed E-state index contributed by atoms with van der Waals surface area (Å²) in [5.41, 5.74) is 3.84. The minimum Gasteiger partial charge on any atom is -0.369 e. The molecular formula is C23H29ClN4O2. The fraction of sp³-hybridized carbons (Fsp3) is 0.391. The van der Waals surface area contributed by atoms with Gasteiger partial charge in [0.15, 0.2) is 0 Å². The van der Waals surface area contributed by atoms with E-state index in [-0.39, 0.29) is 0 Å². The molecule has 0 saturated carbocycles. The second-order valence-electron chi connectivity index (χ2n) is 7.69. The van der Waals surface area contributed by atoms with Gasteiger partial charge in [0.1, 0.15) is 0 Å². The number of aryl methyl sites for hydroxylation is 2. The van der Waals surface area contributed by atoms with E-state index in [1.165, 1.54) is 5.69 Å². The third-order valence-corrected chi connectivity index (χ3v) is 5.60. The first kappa shape index (κ1) is 22.1. The molecule has 0 aromatic heterocycles. The highest BCUT2D eigenvalue weighted by Gasteiger charge is 2.18. The zero-order valence-electron chi connectivity index (χ0n) is 17.6. The Morgan fingerprint density at radius 2 is 1.67 bits per heavy atom. The van der Waals surface area contributed by atoms with Gasteiger partial charge >= 0.3 is 11.8 Å². The van der Waals surface area contributed by atoms with Gasteiger partial charge in [0.05, 0.1) is 0 Å². The number of nitrogens with one attached hydrogen (secondary N) is 2. The maximum atomic E-state index is 12.1. The van der Waals surface area contributed by atoms with E-state index in [4.69, 9.17) is 11.6 Å². The van der Waals surface area contributed by atoms with Crippen molar-refractivity contribution in [2.24, 2.45) is 0 Å². The topological polar surface area (TPSA) is 64.7 Å². The predicted octanol–water partition coefficient (Wildman–Crippen LogP) is 3.22. The molecule has 2 aromatic carbocycles. The van der Waals surface area contributed by atoms with Crippen LogP contribution in [0.4, 0.5) is 11.4 Å². The van der Waals surface area contributed by atoms with E-state index in [0.29, 0.717) is 12.2 Å². The van der Waals surface area contributed by atoms with E-state index in [1.54, 1.807) is 0 Å². The highest BCUT2D eigenvalue weighted by Crippen LogP contribution is 2.19. The second-order valence-corrected chi connectivity index (χ2v) is 8.12. The minimum atomic E-state index is -0.625. The van der Waals surface area contributed by atoms with E-state index < -0.39 is 11.8 Å². The van der Waals surface area contributed by atoms with Crippen molar-refractivity contribution in [2.45, 2.75) is 20.3 Å². The van der Waals surface area contributed by atoms with E-state index in [0.717, 1.165) is 55.3 Å². The molecule has 0 radical (unpaired) electrons. The zero-order chi connectivity index (χ0) is 21.5. The van der Waals surface area contributed by atoms with Crippen molar-refractivity contribution < 1.29 is 9.59 Å². The molecule has 1 saturated heterocycles. The lowest BCUT2D eigenvalue weighted by Crippen LogP contribution is -2.47. The molecule has 2 N–H and O–H groups in total. The smallest absolute Gasteiger partial charge is 0.313 e. The average molecular weight is 429 g/mol. The summed E-state index contributed by atoms with van der Waals surface area (Å²) in [7, 11) is 0. The molecule has 0 aliphatic carbocycles. The summed E-state index contributed by atoms with van der Waals surface area (Å²) in [6.45, 7) is 9.11. The number of hydrogen-bond donors (Lipinski definition) is 2. The molecule has 0 spiro atoms. The van der Waals surface area contributed by atoms with Crippen LogP contribution in [-0.4, -0.2) is 56.0 Å². The fourth-order valence-corrected chi connectivity index (χ4v) is 3.64. The van der Waals surface area contributed by atoms with Gasteiger partial charge in [-0.3, -0.25) is 14.5 Å². The fourth-order valence-electron chi connectivity index (χ4n) is 3.52. The average Bonchev–Trinajstić information content (AvgIpc) is 2.74. The molecule has 1 fully saturated rings. The molecule has 3 rings (SSSR count). The molecule has 0 bridgehead atoms. The Balaban J connectivity index is 1.34. The minimum absolute atomic E-state index is 0.483. The van der Waals surface area contributed by atoms with Crippen molar-refractivity contribution in [1.29, 1.82) is 0 Å². The maximum absolute atomic E-state index is 12.1. The van der Waals surface area contributed by atoms with Gasteiger partial charge in [-0.25, -0.2) is 0 Å². The summed E-state index contributed by atoms with van der Waals surface area (Å²) in [5.74, 6) is -1.22. The summed E-state index contributed by atoms with van der Waals surface area (Å²) in [4.78, 5) is 28.9. The SMILES string of the molecule is Cc1ccc(C)c(NC(=O)C(=O)NCCCN2CCN(c3ccc(Cl)cc3)CC2)c1. The highest BCUT2D eigenvalue weighted by atomic mass is 35.5. The number of piperazine rings is 1. The molecule has 30 heavy (non-hydrogen) atoms. The van der Waals surface area contributed by atoms with Gasteiger partial charge in [-0.1, -0.05) is 23.7 Å². The van der Waals surface area contributed by atoms with Crippen LogP contribution in [0.1, 0.15) is 17.5 Å². The van der Waals surface area contributed by atoms with Crippen molar-refractivity contribution >= 4 is 34.8 Å². The van der Waals surface area contributed by atoms with Gasteiger partial charge in [-0.05, 0) is 68.3 Å².